The molecule has 34 heavy (non-hydrogen) atoms. The average molecular weight is 470 g/mol. The van der Waals surface area contributed by atoms with Crippen molar-refractivity contribution in [3.05, 3.63) is 41.5 Å². The molecule has 1 amide bonds. The van der Waals surface area contributed by atoms with Crippen molar-refractivity contribution in [1.29, 1.82) is 0 Å². The molecular formula is C27H37N2O5+. The zero-order valence-corrected chi connectivity index (χ0v) is 20.8. The SMILES string of the molecule is COc1cc(C2CC[N+](C)(CCCOc3ccc4c(c3)NC(=O)CC4)CC2)cc(OC)c1OC. The fraction of sp³-hybridized carbons (Fsp3) is 0.519. The summed E-state index contributed by atoms with van der Waals surface area (Å²) in [5.74, 6) is 3.48. The summed E-state index contributed by atoms with van der Waals surface area (Å²) in [4.78, 5) is 11.6. The lowest BCUT2D eigenvalue weighted by atomic mass is 9.88. The highest BCUT2D eigenvalue weighted by Crippen LogP contribution is 2.42. The van der Waals surface area contributed by atoms with Gasteiger partial charge in [0.15, 0.2) is 11.5 Å². The Kier molecular flexibility index (Phi) is 7.51. The summed E-state index contributed by atoms with van der Waals surface area (Å²) in [6, 6.07) is 10.2. The minimum Gasteiger partial charge on any atom is -0.493 e. The zero-order valence-electron chi connectivity index (χ0n) is 20.8. The molecule has 7 heteroatoms. The number of piperidine rings is 1. The monoisotopic (exact) mass is 469 g/mol. The maximum Gasteiger partial charge on any atom is 0.224 e. The summed E-state index contributed by atoms with van der Waals surface area (Å²) >= 11 is 0. The Hall–Kier alpha value is -2.93. The van der Waals surface area contributed by atoms with Crippen LogP contribution in [0.3, 0.4) is 0 Å². The number of hydrogen-bond donors (Lipinski definition) is 1. The number of nitrogens with zero attached hydrogens (tertiary/aromatic N) is 1. The van der Waals surface area contributed by atoms with Crippen LogP contribution in [0, 0.1) is 0 Å². The van der Waals surface area contributed by atoms with E-state index in [1.807, 2.05) is 12.1 Å². The van der Waals surface area contributed by atoms with Gasteiger partial charge in [-0.25, -0.2) is 0 Å². The summed E-state index contributed by atoms with van der Waals surface area (Å²) in [5, 5.41) is 2.94. The zero-order chi connectivity index (χ0) is 24.1. The van der Waals surface area contributed by atoms with E-state index in [1.54, 1.807) is 21.3 Å². The highest BCUT2D eigenvalue weighted by molar-refractivity contribution is 5.94. The van der Waals surface area contributed by atoms with Crippen LogP contribution < -0.4 is 24.3 Å². The molecule has 0 radical (unpaired) electrons. The smallest absolute Gasteiger partial charge is 0.224 e. The summed E-state index contributed by atoms with van der Waals surface area (Å²) in [5.41, 5.74) is 3.32. The number of methoxy groups -OCH3 is 3. The Morgan fingerprint density at radius 2 is 1.68 bits per heavy atom. The van der Waals surface area contributed by atoms with Crippen LogP contribution in [-0.4, -0.2) is 65.0 Å². The van der Waals surface area contributed by atoms with E-state index >= 15 is 0 Å². The Labute approximate surface area is 202 Å². The lowest BCUT2D eigenvalue weighted by Crippen LogP contribution is -2.50. The van der Waals surface area contributed by atoms with Gasteiger partial charge >= 0.3 is 0 Å². The lowest BCUT2D eigenvalue weighted by Gasteiger charge is -2.41. The van der Waals surface area contributed by atoms with Crippen LogP contribution in [-0.2, 0) is 11.2 Å². The van der Waals surface area contributed by atoms with E-state index < -0.39 is 0 Å². The molecule has 1 fully saturated rings. The molecule has 7 nitrogen and oxygen atoms in total. The second-order valence-corrected chi connectivity index (χ2v) is 9.59. The molecule has 2 heterocycles. The Balaban J connectivity index is 1.28. The first kappa shape index (κ1) is 24.2. The van der Waals surface area contributed by atoms with Gasteiger partial charge in [0.25, 0.3) is 0 Å². The molecule has 1 N–H and O–H groups in total. The standard InChI is InChI=1S/C27H36N2O5/c1-29(12-5-15-34-22-8-6-20-7-9-26(30)28-23(20)18-22)13-10-19(11-14-29)21-16-24(31-2)27(33-4)25(17-21)32-3/h6,8,16-19H,5,7,9-15H2,1-4H3/p+1. The number of amides is 1. The molecule has 1 saturated heterocycles. The molecule has 2 aromatic rings. The number of carbonyl (C=O) groups is 1. The van der Waals surface area contributed by atoms with Crippen molar-refractivity contribution in [2.75, 3.05) is 59.9 Å². The molecule has 0 atom stereocenters. The van der Waals surface area contributed by atoms with Crippen molar-refractivity contribution < 1.29 is 28.2 Å². The summed E-state index contributed by atoms with van der Waals surface area (Å²) in [6.07, 6.45) is 4.61. The first-order valence-corrected chi connectivity index (χ1v) is 12.1. The molecule has 4 rings (SSSR count). The van der Waals surface area contributed by atoms with Crippen molar-refractivity contribution in [2.24, 2.45) is 0 Å². The molecule has 0 aromatic heterocycles. The number of rotatable bonds is 9. The number of likely N-dealkylation sites (tertiary alicyclic amines) is 1. The predicted octanol–water partition coefficient (Wildman–Crippen LogP) is 4.39. The quantitative estimate of drug-likeness (QED) is 0.436. The first-order valence-electron chi connectivity index (χ1n) is 12.1. The average Bonchev–Trinajstić information content (AvgIpc) is 2.86. The first-order chi connectivity index (χ1) is 16.4. The summed E-state index contributed by atoms with van der Waals surface area (Å²) < 4.78 is 23.6. The minimum atomic E-state index is 0.0806. The largest absolute Gasteiger partial charge is 0.493 e. The molecule has 2 aliphatic rings. The van der Waals surface area contributed by atoms with Crippen molar-refractivity contribution in [3.63, 3.8) is 0 Å². The Bertz CT molecular complexity index is 989. The molecule has 184 valence electrons. The van der Waals surface area contributed by atoms with E-state index in [1.165, 1.54) is 11.1 Å². The van der Waals surface area contributed by atoms with E-state index in [-0.39, 0.29) is 5.91 Å². The minimum absolute atomic E-state index is 0.0806. The van der Waals surface area contributed by atoms with Gasteiger partial charge in [-0.15, -0.1) is 0 Å². The van der Waals surface area contributed by atoms with Crippen molar-refractivity contribution in [3.8, 4) is 23.0 Å². The number of nitrogens with one attached hydrogen (secondary N) is 1. The van der Waals surface area contributed by atoms with E-state index in [9.17, 15) is 4.79 Å². The maximum absolute atomic E-state index is 11.6. The van der Waals surface area contributed by atoms with Crippen molar-refractivity contribution >= 4 is 11.6 Å². The Morgan fingerprint density at radius 1 is 0.971 bits per heavy atom. The van der Waals surface area contributed by atoms with Gasteiger partial charge in [-0.2, -0.15) is 0 Å². The highest BCUT2D eigenvalue weighted by atomic mass is 16.5. The van der Waals surface area contributed by atoms with Gasteiger partial charge in [0.2, 0.25) is 11.7 Å². The van der Waals surface area contributed by atoms with Gasteiger partial charge in [0.1, 0.15) is 5.75 Å². The molecule has 2 aliphatic heterocycles. The number of quaternary nitrogens is 1. The number of carbonyl (C=O) groups excluding carboxylic acids is 1. The summed E-state index contributed by atoms with van der Waals surface area (Å²) in [7, 11) is 7.31. The maximum atomic E-state index is 11.6. The molecule has 0 aliphatic carbocycles. The Morgan fingerprint density at radius 3 is 2.32 bits per heavy atom. The number of benzene rings is 2. The molecule has 0 bridgehead atoms. The molecule has 0 saturated carbocycles. The summed E-state index contributed by atoms with van der Waals surface area (Å²) in [6.45, 7) is 4.03. The third-order valence-corrected chi connectivity index (χ3v) is 7.28. The highest BCUT2D eigenvalue weighted by Gasteiger charge is 2.31. The number of anilines is 1. The number of ether oxygens (including phenoxy) is 4. The van der Waals surface area contributed by atoms with Crippen LogP contribution in [0.5, 0.6) is 23.0 Å². The predicted molar refractivity (Wildman–Crippen MR) is 132 cm³/mol. The van der Waals surface area contributed by atoms with Crippen LogP contribution in [0.2, 0.25) is 0 Å². The van der Waals surface area contributed by atoms with Crippen LogP contribution in [0.4, 0.5) is 5.69 Å². The van der Waals surface area contributed by atoms with E-state index in [2.05, 4.69) is 30.6 Å². The van der Waals surface area contributed by atoms with Crippen LogP contribution in [0.25, 0.3) is 0 Å². The van der Waals surface area contributed by atoms with Crippen molar-refractivity contribution in [1.82, 2.24) is 0 Å². The van der Waals surface area contributed by atoms with Gasteiger partial charge in [-0.05, 0) is 41.7 Å². The topological polar surface area (TPSA) is 66.0 Å². The normalized spacial score (nSPS) is 21.9. The van der Waals surface area contributed by atoms with Gasteiger partial charge in [0.05, 0.1) is 54.6 Å². The molecule has 0 unspecified atom stereocenters. The molecule has 0 spiro atoms. The van der Waals surface area contributed by atoms with Gasteiger partial charge in [-0.1, -0.05) is 6.07 Å². The van der Waals surface area contributed by atoms with Gasteiger partial charge in [-0.3, -0.25) is 4.79 Å². The lowest BCUT2D eigenvalue weighted by molar-refractivity contribution is -0.914. The second kappa shape index (κ2) is 10.6. The van der Waals surface area contributed by atoms with Gasteiger partial charge in [0, 0.05) is 37.4 Å². The van der Waals surface area contributed by atoms with E-state index in [0.29, 0.717) is 24.7 Å². The van der Waals surface area contributed by atoms with Crippen molar-refractivity contribution in [2.45, 2.75) is 38.0 Å². The van der Waals surface area contributed by atoms with Crippen LogP contribution >= 0.6 is 0 Å². The number of fused-ring (bicyclic) bond motifs is 1. The molecule has 2 aromatic carbocycles. The fourth-order valence-electron chi connectivity index (χ4n) is 5.16. The van der Waals surface area contributed by atoms with Gasteiger partial charge < -0.3 is 28.7 Å². The third kappa shape index (κ3) is 5.41. The van der Waals surface area contributed by atoms with Crippen LogP contribution in [0.15, 0.2) is 30.3 Å². The third-order valence-electron chi connectivity index (χ3n) is 7.28. The molecular weight excluding hydrogens is 432 g/mol. The number of hydrogen-bond acceptors (Lipinski definition) is 5. The van der Waals surface area contributed by atoms with Crippen LogP contribution in [0.1, 0.15) is 42.7 Å². The second-order valence-electron chi connectivity index (χ2n) is 9.59. The number of aryl methyl sites for hydroxylation is 1. The van der Waals surface area contributed by atoms with E-state index in [4.69, 9.17) is 18.9 Å². The fourth-order valence-corrected chi connectivity index (χ4v) is 5.16. The van der Waals surface area contributed by atoms with E-state index in [0.717, 1.165) is 72.7 Å².